The molecule has 5 nitrogen and oxygen atoms in total. The summed E-state index contributed by atoms with van der Waals surface area (Å²) in [5, 5.41) is 3.02. The van der Waals surface area contributed by atoms with Gasteiger partial charge in [0.1, 0.15) is 18.1 Å². The number of ketones is 1. The Balaban J connectivity index is 1.31. The van der Waals surface area contributed by atoms with Crippen LogP contribution in [0.3, 0.4) is 0 Å². The zero-order valence-electron chi connectivity index (χ0n) is 18.0. The molecule has 0 saturated heterocycles. The van der Waals surface area contributed by atoms with Gasteiger partial charge in [-0.15, -0.1) is 12.8 Å². The van der Waals surface area contributed by atoms with Gasteiger partial charge < -0.3 is 14.8 Å². The molecule has 2 aromatic carbocycles. The van der Waals surface area contributed by atoms with Gasteiger partial charge in [-0.25, -0.2) is 0 Å². The predicted molar refractivity (Wildman–Crippen MR) is 123 cm³/mol. The first-order chi connectivity index (χ1) is 15.6. The number of nitrogens with one attached hydrogen (secondary N) is 1. The van der Waals surface area contributed by atoms with Crippen LogP contribution in [0.25, 0.3) is 0 Å². The van der Waals surface area contributed by atoms with E-state index in [1.807, 2.05) is 0 Å². The largest absolute Gasteiger partial charge is 0.486 e. The lowest BCUT2D eigenvalue weighted by atomic mass is 9.83. The molecule has 0 spiro atoms. The number of ether oxygens (including phenoxy) is 2. The van der Waals surface area contributed by atoms with E-state index in [1.165, 1.54) is 0 Å². The van der Waals surface area contributed by atoms with Crippen molar-refractivity contribution in [3.63, 3.8) is 0 Å². The van der Waals surface area contributed by atoms with Gasteiger partial charge in [-0.05, 0) is 80.1 Å². The van der Waals surface area contributed by atoms with Crippen LogP contribution >= 0.6 is 0 Å². The van der Waals surface area contributed by atoms with Crippen molar-refractivity contribution in [1.82, 2.24) is 5.32 Å². The lowest BCUT2D eigenvalue weighted by molar-refractivity contribution is -0.125. The van der Waals surface area contributed by atoms with Crippen LogP contribution in [0.2, 0.25) is 0 Å². The SMILES string of the molecule is C#Cc1ccc(OCC(=O)CC2CCC(NC(=O)COc3ccc(C#C)cc3)CC2)cc1. The lowest BCUT2D eigenvalue weighted by Crippen LogP contribution is -2.40. The third-order valence-electron chi connectivity index (χ3n) is 5.54. The Morgan fingerprint density at radius 1 is 0.812 bits per heavy atom. The Morgan fingerprint density at radius 2 is 1.31 bits per heavy atom. The summed E-state index contributed by atoms with van der Waals surface area (Å²) in [5.41, 5.74) is 1.54. The Kier molecular flexibility index (Phi) is 8.35. The van der Waals surface area contributed by atoms with Crippen LogP contribution < -0.4 is 14.8 Å². The summed E-state index contributed by atoms with van der Waals surface area (Å²) in [6, 6.07) is 14.3. The highest BCUT2D eigenvalue weighted by atomic mass is 16.5. The standard InChI is InChI=1S/C27H27NO4/c1-3-20-7-13-25(14-8-20)31-18-24(29)17-22-5-11-23(12-6-22)28-27(30)19-32-26-15-9-21(4-2)10-16-26/h1-2,7-10,13-16,22-23H,5-6,11-12,17-19H2,(H,28,30). The van der Waals surface area contributed by atoms with E-state index >= 15 is 0 Å². The van der Waals surface area contributed by atoms with Crippen LogP contribution in [0.1, 0.15) is 43.2 Å². The van der Waals surface area contributed by atoms with Crippen molar-refractivity contribution >= 4 is 11.7 Å². The average molecular weight is 430 g/mol. The number of carbonyl (C=O) groups is 2. The minimum Gasteiger partial charge on any atom is -0.486 e. The van der Waals surface area contributed by atoms with Crippen LogP contribution in [-0.2, 0) is 9.59 Å². The number of benzene rings is 2. The predicted octanol–water partition coefficient (Wildman–Crippen LogP) is 3.74. The smallest absolute Gasteiger partial charge is 0.258 e. The van der Waals surface area contributed by atoms with Crippen LogP contribution in [0.15, 0.2) is 48.5 Å². The molecule has 0 aromatic heterocycles. The highest BCUT2D eigenvalue weighted by Gasteiger charge is 2.24. The Morgan fingerprint density at radius 3 is 1.81 bits per heavy atom. The number of carbonyl (C=O) groups excluding carboxylic acids is 2. The van der Waals surface area contributed by atoms with E-state index in [-0.39, 0.29) is 30.9 Å². The summed E-state index contributed by atoms with van der Waals surface area (Å²) in [6.45, 7) is 0.0270. The highest BCUT2D eigenvalue weighted by Crippen LogP contribution is 2.27. The summed E-state index contributed by atoms with van der Waals surface area (Å²) >= 11 is 0. The van der Waals surface area contributed by atoms with Gasteiger partial charge in [0.25, 0.3) is 5.91 Å². The van der Waals surface area contributed by atoms with Gasteiger partial charge in [0.05, 0.1) is 0 Å². The third kappa shape index (κ3) is 7.22. The second-order valence-corrected chi connectivity index (χ2v) is 7.94. The van der Waals surface area contributed by atoms with Gasteiger partial charge in [-0.1, -0.05) is 11.8 Å². The molecular weight excluding hydrogens is 402 g/mol. The van der Waals surface area contributed by atoms with Gasteiger partial charge in [0.2, 0.25) is 0 Å². The molecule has 0 unspecified atom stereocenters. The second-order valence-electron chi connectivity index (χ2n) is 7.94. The molecule has 0 atom stereocenters. The molecule has 0 heterocycles. The van der Waals surface area contributed by atoms with Crippen molar-refractivity contribution in [3.8, 4) is 36.2 Å². The molecule has 0 aliphatic heterocycles. The molecule has 32 heavy (non-hydrogen) atoms. The molecule has 2 aromatic rings. The van der Waals surface area contributed by atoms with Crippen LogP contribution in [0.5, 0.6) is 11.5 Å². The van der Waals surface area contributed by atoms with E-state index in [2.05, 4.69) is 17.2 Å². The Labute approximate surface area is 189 Å². The van der Waals surface area contributed by atoms with E-state index in [0.29, 0.717) is 23.8 Å². The minimum absolute atomic E-state index is 0.0343. The Bertz CT molecular complexity index is 904. The average Bonchev–Trinajstić information content (AvgIpc) is 2.83. The van der Waals surface area contributed by atoms with Crippen molar-refractivity contribution in [2.75, 3.05) is 13.2 Å². The van der Waals surface area contributed by atoms with Crippen molar-refractivity contribution in [2.45, 2.75) is 38.1 Å². The van der Waals surface area contributed by atoms with Gasteiger partial charge in [0.15, 0.2) is 12.4 Å². The van der Waals surface area contributed by atoms with Gasteiger partial charge >= 0.3 is 0 Å². The zero-order valence-corrected chi connectivity index (χ0v) is 18.0. The van der Waals surface area contributed by atoms with E-state index in [9.17, 15) is 9.59 Å². The van der Waals surface area contributed by atoms with Crippen molar-refractivity contribution < 1.29 is 19.1 Å². The van der Waals surface area contributed by atoms with Crippen molar-refractivity contribution in [3.05, 3.63) is 59.7 Å². The fourth-order valence-corrected chi connectivity index (χ4v) is 3.77. The van der Waals surface area contributed by atoms with E-state index in [0.717, 1.165) is 36.8 Å². The summed E-state index contributed by atoms with van der Waals surface area (Å²) < 4.78 is 11.1. The molecule has 3 rings (SSSR count). The molecule has 1 N–H and O–H groups in total. The third-order valence-corrected chi connectivity index (χ3v) is 5.54. The molecule has 1 aliphatic rings. The van der Waals surface area contributed by atoms with E-state index < -0.39 is 0 Å². The molecule has 1 aliphatic carbocycles. The fraction of sp³-hybridized carbons (Fsp3) is 0.333. The number of rotatable bonds is 9. The highest BCUT2D eigenvalue weighted by molar-refractivity contribution is 5.80. The first kappa shape index (κ1) is 23.0. The molecule has 164 valence electrons. The molecule has 0 radical (unpaired) electrons. The fourth-order valence-electron chi connectivity index (χ4n) is 3.77. The van der Waals surface area contributed by atoms with Gasteiger partial charge in [-0.2, -0.15) is 0 Å². The number of hydrogen-bond acceptors (Lipinski definition) is 4. The lowest BCUT2D eigenvalue weighted by Gasteiger charge is -2.28. The maximum atomic E-state index is 12.3. The summed E-state index contributed by atoms with van der Waals surface area (Å²) in [4.78, 5) is 24.4. The molecule has 5 heteroatoms. The molecular formula is C27H27NO4. The molecule has 1 saturated carbocycles. The number of terminal acetylenes is 2. The number of Topliss-reactive ketones (excluding diaryl/α,β-unsaturated/α-hetero) is 1. The monoisotopic (exact) mass is 429 g/mol. The summed E-state index contributed by atoms with van der Waals surface area (Å²) in [5.74, 6) is 6.60. The molecule has 0 bridgehead atoms. The minimum atomic E-state index is -0.144. The summed E-state index contributed by atoms with van der Waals surface area (Å²) in [6.07, 6.45) is 14.7. The van der Waals surface area contributed by atoms with Crippen molar-refractivity contribution in [2.24, 2.45) is 5.92 Å². The zero-order chi connectivity index (χ0) is 22.8. The number of hydrogen-bond donors (Lipinski definition) is 1. The van der Waals surface area contributed by atoms with Crippen molar-refractivity contribution in [1.29, 1.82) is 0 Å². The first-order valence-electron chi connectivity index (χ1n) is 10.8. The quantitative estimate of drug-likeness (QED) is 0.617. The molecule has 1 fully saturated rings. The van der Waals surface area contributed by atoms with Gasteiger partial charge in [0, 0.05) is 23.6 Å². The number of amides is 1. The second kappa shape index (κ2) is 11.6. The van der Waals surface area contributed by atoms with E-state index in [4.69, 9.17) is 22.3 Å². The normalized spacial score (nSPS) is 17.4. The maximum Gasteiger partial charge on any atom is 0.258 e. The molecule has 1 amide bonds. The van der Waals surface area contributed by atoms with Crippen LogP contribution in [0.4, 0.5) is 0 Å². The van der Waals surface area contributed by atoms with E-state index in [1.54, 1.807) is 48.5 Å². The van der Waals surface area contributed by atoms with Crippen LogP contribution in [-0.4, -0.2) is 30.9 Å². The maximum absolute atomic E-state index is 12.3. The van der Waals surface area contributed by atoms with Gasteiger partial charge in [-0.3, -0.25) is 9.59 Å². The Hall–Kier alpha value is -3.70. The summed E-state index contributed by atoms with van der Waals surface area (Å²) in [7, 11) is 0. The van der Waals surface area contributed by atoms with Crippen LogP contribution in [0, 0.1) is 30.6 Å². The topological polar surface area (TPSA) is 64.6 Å². The first-order valence-corrected chi connectivity index (χ1v) is 10.8.